The molecule has 0 atom stereocenters. The first-order valence-electron chi connectivity index (χ1n) is 10.4. The van der Waals surface area contributed by atoms with E-state index < -0.39 is 23.1 Å². The molecule has 1 aliphatic carbocycles. The first-order valence-corrected chi connectivity index (χ1v) is 10.4. The summed E-state index contributed by atoms with van der Waals surface area (Å²) in [5.74, 6) is 0.686. The third-order valence-electron chi connectivity index (χ3n) is 6.23. The fourth-order valence-corrected chi connectivity index (χ4v) is 4.13. The quantitative estimate of drug-likeness (QED) is 0.509. The highest BCUT2D eigenvalue weighted by Gasteiger charge is 2.52. The lowest BCUT2D eigenvalue weighted by Gasteiger charge is -2.19. The summed E-state index contributed by atoms with van der Waals surface area (Å²) >= 11 is 0. The van der Waals surface area contributed by atoms with Crippen molar-refractivity contribution >= 4 is 22.5 Å². The number of fused-ring (bicyclic) bond motifs is 2. The Balaban J connectivity index is 0.00000259. The van der Waals surface area contributed by atoms with Gasteiger partial charge in [-0.15, -0.1) is 0 Å². The molecule has 1 aliphatic heterocycles. The van der Waals surface area contributed by atoms with Gasteiger partial charge in [0.25, 0.3) is 0 Å². The van der Waals surface area contributed by atoms with Crippen molar-refractivity contribution in [3.8, 4) is 11.5 Å². The minimum absolute atomic E-state index is 0. The Morgan fingerprint density at radius 2 is 1.78 bits per heavy atom. The zero-order valence-corrected chi connectivity index (χ0v) is 17.9. The zero-order valence-electron chi connectivity index (χ0n) is 17.9. The van der Waals surface area contributed by atoms with E-state index in [1.54, 1.807) is 18.2 Å². The summed E-state index contributed by atoms with van der Waals surface area (Å²) in [6.07, 6.45) is -3.50. The van der Waals surface area contributed by atoms with Gasteiger partial charge in [0.15, 0.2) is 11.5 Å². The lowest BCUT2D eigenvalue weighted by molar-refractivity contribution is -0.136. The van der Waals surface area contributed by atoms with Crippen LogP contribution in [0.4, 0.5) is 18.9 Å². The molecule has 2 aromatic carbocycles. The molecule has 2 heterocycles. The van der Waals surface area contributed by atoms with E-state index in [0.29, 0.717) is 40.8 Å². The molecule has 1 saturated carbocycles. The van der Waals surface area contributed by atoms with Gasteiger partial charge in [0, 0.05) is 23.4 Å². The molecule has 0 saturated heterocycles. The molecule has 2 N–H and O–H groups in total. The number of carbonyl (C=O) groups excluding carboxylic acids is 1. The Bertz CT molecular complexity index is 1240. The first-order chi connectivity index (χ1) is 15.0. The summed E-state index contributed by atoms with van der Waals surface area (Å²) in [4.78, 5) is 16.3. The molecule has 3 aromatic rings. The van der Waals surface area contributed by atoms with E-state index in [1.807, 2.05) is 26.8 Å². The Morgan fingerprint density at radius 1 is 1.06 bits per heavy atom. The third-order valence-corrected chi connectivity index (χ3v) is 6.23. The van der Waals surface area contributed by atoms with Gasteiger partial charge in [0.05, 0.1) is 16.7 Å². The number of ether oxygens (including phenoxy) is 2. The average Bonchev–Trinajstić information content (AvgIpc) is 3.18. The lowest BCUT2D eigenvalue weighted by atomic mass is 9.92. The molecular formula is C24H25F3N2O3. The van der Waals surface area contributed by atoms with Crippen LogP contribution in [0.5, 0.6) is 11.5 Å². The second-order valence-corrected chi connectivity index (χ2v) is 9.52. The molecule has 0 spiro atoms. The Kier molecular flexibility index (Phi) is 4.32. The number of rotatable bonds is 3. The Hall–Kier alpha value is -3.16. The molecule has 8 heteroatoms. The van der Waals surface area contributed by atoms with Gasteiger partial charge in [0.2, 0.25) is 12.7 Å². The minimum Gasteiger partial charge on any atom is -0.454 e. The van der Waals surface area contributed by atoms with Crippen molar-refractivity contribution in [2.24, 2.45) is 0 Å². The monoisotopic (exact) mass is 446 g/mol. The zero-order chi connectivity index (χ0) is 22.9. The number of nitrogens with one attached hydrogen (secondary N) is 2. The number of hydrogen-bond donors (Lipinski definition) is 2. The van der Waals surface area contributed by atoms with Gasteiger partial charge in [-0.2, -0.15) is 13.2 Å². The predicted molar refractivity (Wildman–Crippen MR) is 116 cm³/mol. The molecule has 170 valence electrons. The van der Waals surface area contributed by atoms with E-state index in [0.717, 1.165) is 11.8 Å². The average molecular weight is 446 g/mol. The molecule has 5 nitrogen and oxygen atoms in total. The fourth-order valence-electron chi connectivity index (χ4n) is 4.13. The van der Waals surface area contributed by atoms with E-state index in [4.69, 9.17) is 9.47 Å². The van der Waals surface area contributed by atoms with Gasteiger partial charge in [0.1, 0.15) is 0 Å². The molecular weight excluding hydrogens is 421 g/mol. The van der Waals surface area contributed by atoms with Crippen LogP contribution >= 0.6 is 0 Å². The van der Waals surface area contributed by atoms with E-state index in [2.05, 4.69) is 10.3 Å². The molecule has 1 aromatic heterocycles. The van der Waals surface area contributed by atoms with Crippen molar-refractivity contribution in [3.63, 3.8) is 0 Å². The van der Waals surface area contributed by atoms with Crippen molar-refractivity contribution in [1.82, 2.24) is 4.98 Å². The van der Waals surface area contributed by atoms with E-state index in [-0.39, 0.29) is 19.3 Å². The van der Waals surface area contributed by atoms with Crippen molar-refractivity contribution in [2.75, 3.05) is 12.1 Å². The lowest BCUT2D eigenvalue weighted by Crippen LogP contribution is -2.29. The van der Waals surface area contributed by atoms with Crippen molar-refractivity contribution in [3.05, 3.63) is 53.2 Å². The summed E-state index contributed by atoms with van der Waals surface area (Å²) in [7, 11) is 0. The highest BCUT2D eigenvalue weighted by atomic mass is 19.4. The molecule has 0 unspecified atom stereocenters. The largest absolute Gasteiger partial charge is 0.454 e. The van der Waals surface area contributed by atoms with Crippen molar-refractivity contribution in [1.29, 1.82) is 0 Å². The van der Waals surface area contributed by atoms with Crippen LogP contribution in [0.2, 0.25) is 0 Å². The van der Waals surface area contributed by atoms with E-state index in [9.17, 15) is 18.0 Å². The molecule has 2 aliphatic rings. The summed E-state index contributed by atoms with van der Waals surface area (Å²) < 4.78 is 52.3. The normalized spacial score (nSPS) is 16.9. The van der Waals surface area contributed by atoms with Crippen molar-refractivity contribution in [2.45, 2.75) is 50.6 Å². The van der Waals surface area contributed by atoms with Crippen LogP contribution < -0.4 is 14.8 Å². The van der Waals surface area contributed by atoms with Gasteiger partial charge in [-0.3, -0.25) is 4.79 Å². The summed E-state index contributed by atoms with van der Waals surface area (Å²) in [5.41, 5.74) is -0.305. The molecule has 1 fully saturated rings. The smallest absolute Gasteiger partial charge is 0.418 e. The number of benzene rings is 2. The third kappa shape index (κ3) is 3.38. The number of halogens is 3. The molecule has 0 bridgehead atoms. The molecule has 32 heavy (non-hydrogen) atoms. The number of amides is 1. The fraction of sp³-hybridized carbons (Fsp3) is 0.375. The SMILES string of the molecule is CC(C)(C)c1cc2cc(NC(=O)C3(c4ccc5c(c4)OCO5)CC3)c(C(F)(F)F)cc2[nH]1.[HH]. The van der Waals surface area contributed by atoms with Gasteiger partial charge in [-0.05, 0) is 48.7 Å². The van der Waals surface area contributed by atoms with Gasteiger partial charge >= 0.3 is 6.18 Å². The van der Waals surface area contributed by atoms with Crippen LogP contribution in [0, 0.1) is 0 Å². The Morgan fingerprint density at radius 3 is 2.44 bits per heavy atom. The van der Waals surface area contributed by atoms with Crippen LogP contribution in [-0.4, -0.2) is 17.7 Å². The van der Waals surface area contributed by atoms with Crippen LogP contribution in [-0.2, 0) is 21.8 Å². The summed E-state index contributed by atoms with van der Waals surface area (Å²) in [5, 5.41) is 3.20. The highest BCUT2D eigenvalue weighted by molar-refractivity contribution is 6.03. The summed E-state index contributed by atoms with van der Waals surface area (Å²) in [6.45, 7) is 6.05. The highest BCUT2D eigenvalue weighted by Crippen LogP contribution is 2.51. The number of aromatic nitrogens is 1. The maximum absolute atomic E-state index is 13.9. The molecule has 5 rings (SSSR count). The van der Waals surface area contributed by atoms with Crippen LogP contribution in [0.3, 0.4) is 0 Å². The van der Waals surface area contributed by atoms with Crippen LogP contribution in [0.1, 0.15) is 51.9 Å². The van der Waals surface area contributed by atoms with Gasteiger partial charge < -0.3 is 19.8 Å². The maximum atomic E-state index is 13.9. The second kappa shape index (κ2) is 6.67. The minimum atomic E-state index is -4.61. The number of carbonyl (C=O) groups is 1. The molecule has 1 amide bonds. The van der Waals surface area contributed by atoms with Crippen LogP contribution in [0.25, 0.3) is 10.9 Å². The topological polar surface area (TPSA) is 63.4 Å². The number of hydrogen-bond acceptors (Lipinski definition) is 3. The number of aromatic amines is 1. The van der Waals surface area contributed by atoms with E-state index in [1.165, 1.54) is 6.07 Å². The van der Waals surface area contributed by atoms with Crippen molar-refractivity contribution < 1.29 is 28.9 Å². The van der Waals surface area contributed by atoms with Gasteiger partial charge in [-0.1, -0.05) is 26.8 Å². The van der Waals surface area contributed by atoms with Crippen LogP contribution in [0.15, 0.2) is 36.4 Å². The maximum Gasteiger partial charge on any atom is 0.418 e. The Labute approximate surface area is 184 Å². The first kappa shape index (κ1) is 20.7. The number of alkyl halides is 3. The second-order valence-electron chi connectivity index (χ2n) is 9.52. The molecule has 0 radical (unpaired) electrons. The van der Waals surface area contributed by atoms with Gasteiger partial charge in [-0.25, -0.2) is 0 Å². The number of anilines is 1. The summed E-state index contributed by atoms with van der Waals surface area (Å²) in [6, 6.07) is 9.54. The predicted octanol–water partition coefficient (Wildman–Crippen LogP) is 6.13. The number of H-pyrrole nitrogens is 1. The van der Waals surface area contributed by atoms with E-state index >= 15 is 0 Å². The standard InChI is InChI=1S/C24H23F3N2O3.H2/c1-22(2,3)20-9-13-8-17(15(24(25,26)27)11-16(13)28-20)29-21(30)23(6-7-23)14-4-5-18-19(10-14)32-12-31-18;/h4-5,8-11,28H,6-7,12H2,1-3H3,(H,29,30);1H.